The average molecular weight is 371 g/mol. The number of aromatic nitrogens is 4. The molecule has 8 heteroatoms. The van der Waals surface area contributed by atoms with Crippen LogP contribution in [0.3, 0.4) is 0 Å². The number of fused-ring (bicyclic) bond motifs is 1. The Morgan fingerprint density at radius 2 is 2.19 bits per heavy atom. The second-order valence-electron chi connectivity index (χ2n) is 7.14. The number of nitrogens with one attached hydrogen (secondary N) is 1. The lowest BCUT2D eigenvalue weighted by molar-refractivity contribution is 0.107. The number of methoxy groups -OCH3 is 1. The maximum atomic E-state index is 12.5. The number of nitrogens with zero attached hydrogens (tertiary/aromatic N) is 4. The fourth-order valence-corrected chi connectivity index (χ4v) is 3.84. The van der Waals surface area contributed by atoms with Crippen LogP contribution in [-0.4, -0.2) is 39.5 Å². The summed E-state index contributed by atoms with van der Waals surface area (Å²) >= 11 is 0. The largest absolute Gasteiger partial charge is 0.377 e. The van der Waals surface area contributed by atoms with Gasteiger partial charge in [0.25, 0.3) is 5.56 Å². The minimum Gasteiger partial charge on any atom is -0.377 e. The summed E-state index contributed by atoms with van der Waals surface area (Å²) in [6, 6.07) is 4.08. The number of hydrogen-bond acceptors (Lipinski definition) is 7. The van der Waals surface area contributed by atoms with Crippen molar-refractivity contribution in [1.82, 2.24) is 19.7 Å². The highest BCUT2D eigenvalue weighted by atomic mass is 16.5. The Morgan fingerprint density at radius 1 is 1.33 bits per heavy atom. The molecular weight excluding hydrogens is 346 g/mol. The van der Waals surface area contributed by atoms with E-state index in [0.717, 1.165) is 49.2 Å². The molecular formula is C19H25N5O3. The highest BCUT2D eigenvalue weighted by Gasteiger charge is 2.25. The molecule has 4 rings (SSSR count). The molecule has 1 fully saturated rings. The van der Waals surface area contributed by atoms with Gasteiger partial charge in [0.1, 0.15) is 12.4 Å². The Labute approximate surface area is 157 Å². The molecule has 0 bridgehead atoms. The lowest BCUT2D eigenvalue weighted by Gasteiger charge is -2.30. The van der Waals surface area contributed by atoms with Crippen LogP contribution in [0, 0.1) is 0 Å². The normalized spacial score (nSPS) is 22.3. The van der Waals surface area contributed by atoms with E-state index in [1.165, 1.54) is 0 Å². The third-order valence-electron chi connectivity index (χ3n) is 5.24. The van der Waals surface area contributed by atoms with Gasteiger partial charge in [0.05, 0.1) is 24.9 Å². The minimum absolute atomic E-state index is 0.0179. The second kappa shape index (κ2) is 8.14. The summed E-state index contributed by atoms with van der Waals surface area (Å²) in [6.45, 7) is 1.58. The Morgan fingerprint density at radius 3 is 3.00 bits per heavy atom. The zero-order chi connectivity index (χ0) is 18.6. The molecule has 0 radical (unpaired) electrons. The van der Waals surface area contributed by atoms with Crippen molar-refractivity contribution in [3.63, 3.8) is 0 Å². The van der Waals surface area contributed by atoms with E-state index in [9.17, 15) is 4.79 Å². The van der Waals surface area contributed by atoms with Gasteiger partial charge in [0.15, 0.2) is 5.82 Å². The van der Waals surface area contributed by atoms with Gasteiger partial charge in [-0.3, -0.25) is 4.79 Å². The molecule has 2 aromatic heterocycles. The Kier molecular flexibility index (Phi) is 5.45. The first kappa shape index (κ1) is 18.1. The van der Waals surface area contributed by atoms with Gasteiger partial charge in [-0.05, 0) is 31.7 Å². The summed E-state index contributed by atoms with van der Waals surface area (Å²) in [5, 5.41) is 8.13. The van der Waals surface area contributed by atoms with Crippen LogP contribution >= 0.6 is 0 Å². The van der Waals surface area contributed by atoms with Crippen LogP contribution in [0.1, 0.15) is 48.8 Å². The second-order valence-corrected chi connectivity index (χ2v) is 7.14. The number of anilines is 1. The zero-order valence-corrected chi connectivity index (χ0v) is 15.6. The van der Waals surface area contributed by atoms with Crippen LogP contribution < -0.4 is 10.9 Å². The Bertz CT molecular complexity index is 845. The SMILES string of the molecule is COCc1nccc(NC2CCC(n3nc4c(cc3=O)COCC4)CC2)n1. The van der Waals surface area contributed by atoms with E-state index in [-0.39, 0.29) is 11.6 Å². The smallest absolute Gasteiger partial charge is 0.267 e. The van der Waals surface area contributed by atoms with E-state index in [1.807, 2.05) is 6.07 Å². The minimum atomic E-state index is -0.0179. The maximum absolute atomic E-state index is 12.5. The molecule has 1 aliphatic carbocycles. The van der Waals surface area contributed by atoms with Crippen molar-refractivity contribution in [1.29, 1.82) is 0 Å². The lowest BCUT2D eigenvalue weighted by atomic mass is 9.91. The molecule has 2 aliphatic rings. The Balaban J connectivity index is 1.39. The van der Waals surface area contributed by atoms with Gasteiger partial charge in [0, 0.05) is 37.4 Å². The van der Waals surface area contributed by atoms with Crippen LogP contribution in [0.25, 0.3) is 0 Å². The van der Waals surface area contributed by atoms with Crippen LogP contribution in [-0.2, 0) is 29.1 Å². The van der Waals surface area contributed by atoms with E-state index < -0.39 is 0 Å². The molecule has 0 spiro atoms. The van der Waals surface area contributed by atoms with Crippen LogP contribution in [0.5, 0.6) is 0 Å². The fourth-order valence-electron chi connectivity index (χ4n) is 3.84. The average Bonchev–Trinajstić information content (AvgIpc) is 2.69. The van der Waals surface area contributed by atoms with Crippen molar-refractivity contribution < 1.29 is 9.47 Å². The molecule has 3 heterocycles. The highest BCUT2D eigenvalue weighted by Crippen LogP contribution is 2.29. The molecule has 0 aromatic carbocycles. The van der Waals surface area contributed by atoms with E-state index >= 15 is 0 Å². The molecule has 27 heavy (non-hydrogen) atoms. The van der Waals surface area contributed by atoms with Crippen molar-refractivity contribution in [3.8, 4) is 0 Å². The van der Waals surface area contributed by atoms with Crippen molar-refractivity contribution in [2.45, 2.75) is 57.4 Å². The maximum Gasteiger partial charge on any atom is 0.267 e. The summed E-state index contributed by atoms with van der Waals surface area (Å²) < 4.78 is 12.2. The van der Waals surface area contributed by atoms with Crippen molar-refractivity contribution in [2.24, 2.45) is 0 Å². The summed E-state index contributed by atoms with van der Waals surface area (Å²) in [5.41, 5.74) is 1.93. The molecule has 2 aromatic rings. The van der Waals surface area contributed by atoms with E-state index in [0.29, 0.717) is 31.7 Å². The van der Waals surface area contributed by atoms with Crippen LogP contribution in [0.4, 0.5) is 5.82 Å². The molecule has 144 valence electrons. The van der Waals surface area contributed by atoms with Gasteiger partial charge in [-0.1, -0.05) is 0 Å². The molecule has 0 unspecified atom stereocenters. The molecule has 1 N–H and O–H groups in total. The standard InChI is InChI=1S/C19H25N5O3/c1-26-12-18-20-8-6-17(22-18)21-14-2-4-15(5-3-14)24-19(25)10-13-11-27-9-7-16(13)23-24/h6,8,10,14-15H,2-5,7,9,11-12H2,1H3,(H,20,21,22). The quantitative estimate of drug-likeness (QED) is 0.857. The summed E-state index contributed by atoms with van der Waals surface area (Å²) in [4.78, 5) is 21.1. The number of hydrogen-bond donors (Lipinski definition) is 1. The molecule has 0 amide bonds. The first-order valence-electron chi connectivity index (χ1n) is 9.49. The van der Waals surface area contributed by atoms with Gasteiger partial charge >= 0.3 is 0 Å². The number of rotatable bonds is 5. The van der Waals surface area contributed by atoms with E-state index in [2.05, 4.69) is 20.4 Å². The summed E-state index contributed by atoms with van der Waals surface area (Å²) in [7, 11) is 1.63. The topological polar surface area (TPSA) is 91.2 Å². The van der Waals surface area contributed by atoms with Gasteiger partial charge < -0.3 is 14.8 Å². The lowest BCUT2D eigenvalue weighted by Crippen LogP contribution is -2.35. The highest BCUT2D eigenvalue weighted by molar-refractivity contribution is 5.34. The third-order valence-corrected chi connectivity index (χ3v) is 5.24. The monoisotopic (exact) mass is 371 g/mol. The third kappa shape index (κ3) is 4.17. The zero-order valence-electron chi connectivity index (χ0n) is 15.6. The Hall–Kier alpha value is -2.32. The predicted octanol–water partition coefficient (Wildman–Crippen LogP) is 1.85. The predicted molar refractivity (Wildman–Crippen MR) is 99.5 cm³/mol. The van der Waals surface area contributed by atoms with Gasteiger partial charge in [-0.15, -0.1) is 0 Å². The van der Waals surface area contributed by atoms with Gasteiger partial charge in [-0.2, -0.15) is 5.10 Å². The molecule has 1 aliphatic heterocycles. The number of ether oxygens (including phenoxy) is 2. The van der Waals surface area contributed by atoms with Crippen LogP contribution in [0.15, 0.2) is 23.1 Å². The summed E-state index contributed by atoms with van der Waals surface area (Å²) in [6.07, 6.45) is 6.33. The molecule has 8 nitrogen and oxygen atoms in total. The van der Waals surface area contributed by atoms with Gasteiger partial charge in [-0.25, -0.2) is 14.6 Å². The fraction of sp³-hybridized carbons (Fsp3) is 0.579. The van der Waals surface area contributed by atoms with E-state index in [4.69, 9.17) is 9.47 Å². The van der Waals surface area contributed by atoms with Gasteiger partial charge in [0.2, 0.25) is 0 Å². The van der Waals surface area contributed by atoms with Crippen molar-refractivity contribution in [3.05, 3.63) is 45.8 Å². The first-order chi connectivity index (χ1) is 13.2. The molecule has 0 saturated heterocycles. The van der Waals surface area contributed by atoms with Crippen LogP contribution in [0.2, 0.25) is 0 Å². The summed E-state index contributed by atoms with van der Waals surface area (Å²) in [5.74, 6) is 1.49. The molecule has 1 saturated carbocycles. The van der Waals surface area contributed by atoms with Crippen molar-refractivity contribution >= 4 is 5.82 Å². The first-order valence-corrected chi connectivity index (χ1v) is 9.49. The van der Waals surface area contributed by atoms with Crippen molar-refractivity contribution in [2.75, 3.05) is 19.0 Å². The van der Waals surface area contributed by atoms with E-state index in [1.54, 1.807) is 24.1 Å². The molecule has 0 atom stereocenters.